The molecule has 1 unspecified atom stereocenters. The van der Waals surface area contributed by atoms with Gasteiger partial charge in [-0.3, -0.25) is 0 Å². The average molecular weight is 500 g/mol. The molecule has 2 fully saturated rings. The number of benzene rings is 1. The second-order valence-electron chi connectivity index (χ2n) is 8.83. The van der Waals surface area contributed by atoms with E-state index < -0.39 is 103 Å². The van der Waals surface area contributed by atoms with Gasteiger partial charge in [-0.15, -0.1) is 0 Å². The molecule has 10 atom stereocenters. The molecule has 4 rings (SSSR count). The molecule has 1 saturated carbocycles. The molecule has 1 aliphatic carbocycles. The highest BCUT2D eigenvalue weighted by Gasteiger charge is 2.66. The monoisotopic (exact) mass is 499 g/mol. The summed E-state index contributed by atoms with van der Waals surface area (Å²) in [5, 5.41) is 61.9. The number of aliphatic hydroxyl groups is 6. The standard InChI is InChI=1S/C24H30O11/c1-23(35-16(27)8-7-13-5-3-2-4-6-13)11-15(26)24(31)9-10-32-22(20(23)24)34-21-19(30)18(29)17(28)14(12-25)33-21/h2-10,14-15,17-22,25-26,28-31H,11-12H2,1H3/b8-7+/t14-,15-,17-,18+,19-,20-,21?,22+,23+,24-/m1/s1/i2D,3D,4D,5D,6D. The van der Waals surface area contributed by atoms with Crippen LogP contribution in [-0.4, -0.2) is 97.5 Å². The maximum atomic E-state index is 12.9. The molecule has 0 aromatic heterocycles. The van der Waals surface area contributed by atoms with Crippen molar-refractivity contribution >= 4 is 12.0 Å². The van der Waals surface area contributed by atoms with Gasteiger partial charge < -0.3 is 49.6 Å². The van der Waals surface area contributed by atoms with Crippen LogP contribution in [0.2, 0.25) is 0 Å². The van der Waals surface area contributed by atoms with Crippen LogP contribution in [0, 0.1) is 5.92 Å². The van der Waals surface area contributed by atoms with E-state index in [2.05, 4.69) is 0 Å². The lowest BCUT2D eigenvalue weighted by Crippen LogP contribution is -2.62. The van der Waals surface area contributed by atoms with Crippen molar-refractivity contribution < 1.29 is 61.2 Å². The van der Waals surface area contributed by atoms with Crippen LogP contribution in [0.15, 0.2) is 48.6 Å². The van der Waals surface area contributed by atoms with Gasteiger partial charge in [0.25, 0.3) is 0 Å². The highest BCUT2D eigenvalue weighted by Crippen LogP contribution is 2.51. The quantitative estimate of drug-likeness (QED) is 0.205. The summed E-state index contributed by atoms with van der Waals surface area (Å²) in [4.78, 5) is 12.9. The van der Waals surface area contributed by atoms with E-state index in [0.29, 0.717) is 0 Å². The Hall–Kier alpha value is -2.35. The fraction of sp³-hybridized carbons (Fsp3) is 0.542. The van der Waals surface area contributed by atoms with Crippen LogP contribution in [0.5, 0.6) is 0 Å². The number of rotatable bonds is 6. The lowest BCUT2D eigenvalue weighted by Gasteiger charge is -2.45. The van der Waals surface area contributed by atoms with E-state index in [0.717, 1.165) is 24.5 Å². The van der Waals surface area contributed by atoms with Crippen molar-refractivity contribution in [2.45, 2.75) is 67.6 Å². The number of aliphatic hydroxyl groups excluding tert-OH is 5. The summed E-state index contributed by atoms with van der Waals surface area (Å²) in [7, 11) is 0. The summed E-state index contributed by atoms with van der Waals surface area (Å²) in [6.45, 7) is 0.652. The minimum Gasteiger partial charge on any atom is -0.472 e. The van der Waals surface area contributed by atoms with Crippen LogP contribution in [0.1, 0.15) is 25.8 Å². The van der Waals surface area contributed by atoms with Gasteiger partial charge in [-0.2, -0.15) is 0 Å². The number of carbonyl (C=O) groups excluding carboxylic acids is 1. The Bertz CT molecular complexity index is 1180. The van der Waals surface area contributed by atoms with Crippen molar-refractivity contribution in [1.82, 2.24) is 0 Å². The van der Waals surface area contributed by atoms with E-state index in [1.807, 2.05) is 0 Å². The molecule has 11 nitrogen and oxygen atoms in total. The molecule has 3 aliphatic rings. The summed E-state index contributed by atoms with van der Waals surface area (Å²) in [6.07, 6.45) is -7.56. The molecular formula is C24H30O11. The van der Waals surface area contributed by atoms with Crippen molar-refractivity contribution in [1.29, 1.82) is 0 Å². The van der Waals surface area contributed by atoms with Crippen molar-refractivity contribution in [3.63, 3.8) is 0 Å². The first-order valence-electron chi connectivity index (χ1n) is 13.3. The summed E-state index contributed by atoms with van der Waals surface area (Å²) >= 11 is 0. The zero-order valence-electron chi connectivity index (χ0n) is 23.6. The van der Waals surface area contributed by atoms with E-state index in [9.17, 15) is 35.4 Å². The Kier molecular flexibility index (Phi) is 5.63. The van der Waals surface area contributed by atoms with Crippen molar-refractivity contribution in [2.75, 3.05) is 6.61 Å². The molecule has 1 aromatic rings. The Morgan fingerprint density at radius 3 is 2.57 bits per heavy atom. The number of fused-ring (bicyclic) bond motifs is 1. The lowest BCUT2D eigenvalue weighted by molar-refractivity contribution is -0.351. The minimum atomic E-state index is -2.05. The molecule has 0 bridgehead atoms. The van der Waals surface area contributed by atoms with Crippen LogP contribution in [0.4, 0.5) is 0 Å². The van der Waals surface area contributed by atoms with E-state index in [1.54, 1.807) is 0 Å². The fourth-order valence-electron chi connectivity index (χ4n) is 4.68. The predicted octanol–water partition coefficient (Wildman–Crippen LogP) is -1.20. The highest BCUT2D eigenvalue weighted by molar-refractivity contribution is 5.87. The Morgan fingerprint density at radius 2 is 1.89 bits per heavy atom. The number of hydrogen-bond donors (Lipinski definition) is 6. The van der Waals surface area contributed by atoms with Gasteiger partial charge in [0.1, 0.15) is 35.6 Å². The van der Waals surface area contributed by atoms with E-state index >= 15 is 0 Å². The largest absolute Gasteiger partial charge is 0.472 e. The van der Waals surface area contributed by atoms with Crippen molar-refractivity contribution in [3.8, 4) is 0 Å². The molecule has 192 valence electrons. The summed E-state index contributed by atoms with van der Waals surface area (Å²) in [6, 6.07) is -2.86. The second-order valence-corrected chi connectivity index (χ2v) is 8.83. The normalized spacial score (nSPS) is 45.1. The molecule has 2 heterocycles. The molecular weight excluding hydrogens is 464 g/mol. The first-order valence-corrected chi connectivity index (χ1v) is 10.8. The molecule has 1 saturated heterocycles. The van der Waals surface area contributed by atoms with Gasteiger partial charge in [-0.05, 0) is 24.6 Å². The maximum Gasteiger partial charge on any atom is 0.331 e. The maximum absolute atomic E-state index is 12.9. The van der Waals surface area contributed by atoms with Gasteiger partial charge in [0.05, 0.1) is 31.7 Å². The smallest absolute Gasteiger partial charge is 0.331 e. The molecule has 11 heteroatoms. The van der Waals surface area contributed by atoms with Gasteiger partial charge in [-0.25, -0.2) is 4.79 Å². The van der Waals surface area contributed by atoms with Gasteiger partial charge in [-0.1, -0.05) is 30.2 Å². The van der Waals surface area contributed by atoms with Crippen LogP contribution in [0.3, 0.4) is 0 Å². The Labute approximate surface area is 208 Å². The number of carbonyl (C=O) groups is 1. The minimum absolute atomic E-state index is 0.260. The van der Waals surface area contributed by atoms with Crippen LogP contribution in [0.25, 0.3) is 6.08 Å². The SMILES string of the molecule is [2H]c1c([2H])c([2H])c(/C=C/C(=O)O[C@@]2(C)C[C@@H](O)[C@]3(O)C=CO[C@@H](OC4O[C@H](CO)[C@@H](O)[C@H](O)[C@H]4O)[C@@H]32)c([2H])c1[2H]. The predicted molar refractivity (Wildman–Crippen MR) is 118 cm³/mol. The molecule has 1 aromatic carbocycles. The Balaban J connectivity index is 1.59. The number of esters is 1. The topological polar surface area (TPSA) is 175 Å². The average Bonchev–Trinajstić information content (AvgIpc) is 3.11. The third-order valence-corrected chi connectivity index (χ3v) is 6.46. The molecule has 35 heavy (non-hydrogen) atoms. The lowest BCUT2D eigenvalue weighted by atomic mass is 9.81. The second kappa shape index (κ2) is 9.96. The van der Waals surface area contributed by atoms with Crippen molar-refractivity contribution in [2.24, 2.45) is 5.92 Å². The Morgan fingerprint density at radius 1 is 1.17 bits per heavy atom. The van der Waals surface area contributed by atoms with Crippen LogP contribution >= 0.6 is 0 Å². The van der Waals surface area contributed by atoms with Gasteiger partial charge in [0.2, 0.25) is 6.29 Å². The first kappa shape index (κ1) is 19.8. The van der Waals surface area contributed by atoms with Gasteiger partial charge >= 0.3 is 5.97 Å². The summed E-state index contributed by atoms with van der Waals surface area (Å²) in [5.41, 5.74) is -4.01. The van der Waals surface area contributed by atoms with Gasteiger partial charge in [0.15, 0.2) is 6.29 Å². The highest BCUT2D eigenvalue weighted by atomic mass is 16.8. The summed E-state index contributed by atoms with van der Waals surface area (Å²) < 4.78 is 61.2. The van der Waals surface area contributed by atoms with E-state index in [-0.39, 0.29) is 12.0 Å². The molecule has 6 N–H and O–H groups in total. The third-order valence-electron chi connectivity index (χ3n) is 6.46. The molecule has 0 spiro atoms. The zero-order valence-corrected chi connectivity index (χ0v) is 18.6. The zero-order chi connectivity index (χ0) is 29.7. The molecule has 2 aliphatic heterocycles. The van der Waals surface area contributed by atoms with Crippen LogP contribution in [-0.2, 0) is 23.7 Å². The summed E-state index contributed by atoms with van der Waals surface area (Å²) in [5.74, 6) is -2.39. The van der Waals surface area contributed by atoms with Crippen LogP contribution < -0.4 is 0 Å². The third kappa shape index (κ3) is 4.86. The fourth-order valence-corrected chi connectivity index (χ4v) is 4.68. The van der Waals surface area contributed by atoms with E-state index in [4.69, 9.17) is 25.8 Å². The number of hydrogen-bond acceptors (Lipinski definition) is 11. The van der Waals surface area contributed by atoms with Gasteiger partial charge in [0, 0.05) is 12.5 Å². The van der Waals surface area contributed by atoms with Crippen molar-refractivity contribution in [3.05, 3.63) is 54.2 Å². The first-order chi connectivity index (χ1) is 18.7. The molecule has 0 radical (unpaired) electrons. The number of ether oxygens (including phenoxy) is 4. The molecule has 0 amide bonds. The van der Waals surface area contributed by atoms with E-state index in [1.165, 1.54) is 6.92 Å².